The summed E-state index contributed by atoms with van der Waals surface area (Å²) in [5.74, 6) is 0. The smallest absolute Gasteiger partial charge is 0.0650 e. The molecule has 1 atom stereocenters. The average molecular weight is 129 g/mol. The Morgan fingerprint density at radius 1 is 1.67 bits per heavy atom. The van der Waals surface area contributed by atoms with Crippen molar-refractivity contribution in [3.8, 4) is 0 Å². The highest BCUT2D eigenvalue weighted by Gasteiger charge is 2.39. The van der Waals surface area contributed by atoms with E-state index in [9.17, 15) is 5.11 Å². The first-order chi connectivity index (χ1) is 4.12. The van der Waals surface area contributed by atoms with Crippen molar-refractivity contribution in [3.63, 3.8) is 0 Å². The van der Waals surface area contributed by atoms with E-state index in [0.717, 1.165) is 25.7 Å². The van der Waals surface area contributed by atoms with Gasteiger partial charge in [0.25, 0.3) is 0 Å². The van der Waals surface area contributed by atoms with E-state index in [0.29, 0.717) is 0 Å². The lowest BCUT2D eigenvalue weighted by atomic mass is 10.1. The van der Waals surface area contributed by atoms with Crippen molar-refractivity contribution < 1.29 is 5.11 Å². The van der Waals surface area contributed by atoms with E-state index in [4.69, 9.17) is 5.73 Å². The molecule has 0 amide bonds. The SMILES string of the molecule is CC(N)CCC1(O)CC1. The Kier molecular flexibility index (Phi) is 1.78. The maximum Gasteiger partial charge on any atom is 0.0650 e. The van der Waals surface area contributed by atoms with Crippen molar-refractivity contribution in [1.29, 1.82) is 0 Å². The van der Waals surface area contributed by atoms with Gasteiger partial charge in [-0.2, -0.15) is 0 Å². The van der Waals surface area contributed by atoms with Crippen LogP contribution in [-0.4, -0.2) is 16.7 Å². The third-order valence-corrected chi connectivity index (χ3v) is 1.89. The van der Waals surface area contributed by atoms with Crippen LogP contribution in [0, 0.1) is 0 Å². The fourth-order valence-electron chi connectivity index (χ4n) is 0.891. The minimum atomic E-state index is -0.298. The number of hydrogen-bond acceptors (Lipinski definition) is 2. The lowest BCUT2D eigenvalue weighted by Crippen LogP contribution is -2.18. The van der Waals surface area contributed by atoms with E-state index in [1.165, 1.54) is 0 Å². The minimum absolute atomic E-state index is 0.245. The van der Waals surface area contributed by atoms with Crippen molar-refractivity contribution in [2.24, 2.45) is 5.73 Å². The predicted octanol–water partition coefficient (Wildman–Crippen LogP) is 0.639. The number of rotatable bonds is 3. The summed E-state index contributed by atoms with van der Waals surface area (Å²) >= 11 is 0. The van der Waals surface area contributed by atoms with Crippen molar-refractivity contribution >= 4 is 0 Å². The summed E-state index contributed by atoms with van der Waals surface area (Å²) in [5.41, 5.74) is 5.22. The monoisotopic (exact) mass is 129 g/mol. The van der Waals surface area contributed by atoms with E-state index in [1.54, 1.807) is 0 Å². The van der Waals surface area contributed by atoms with Gasteiger partial charge in [0.05, 0.1) is 5.60 Å². The Bertz CT molecular complexity index is 97.1. The molecule has 1 aliphatic rings. The van der Waals surface area contributed by atoms with E-state index >= 15 is 0 Å². The molecule has 0 heterocycles. The normalized spacial score (nSPS) is 25.7. The van der Waals surface area contributed by atoms with Crippen LogP contribution < -0.4 is 5.73 Å². The summed E-state index contributed by atoms with van der Waals surface area (Å²) in [7, 11) is 0. The lowest BCUT2D eigenvalue weighted by Gasteiger charge is -2.08. The second kappa shape index (κ2) is 2.27. The summed E-state index contributed by atoms with van der Waals surface area (Å²) in [5, 5.41) is 9.32. The van der Waals surface area contributed by atoms with E-state index in [1.807, 2.05) is 6.92 Å². The molecule has 0 bridgehead atoms. The molecule has 2 nitrogen and oxygen atoms in total. The Hall–Kier alpha value is -0.0800. The zero-order chi connectivity index (χ0) is 6.91. The van der Waals surface area contributed by atoms with Gasteiger partial charge in [-0.1, -0.05) is 0 Å². The molecule has 1 fully saturated rings. The van der Waals surface area contributed by atoms with Crippen LogP contribution in [0.4, 0.5) is 0 Å². The van der Waals surface area contributed by atoms with E-state index < -0.39 is 0 Å². The highest BCUT2D eigenvalue weighted by Crippen LogP contribution is 2.39. The van der Waals surface area contributed by atoms with E-state index in [-0.39, 0.29) is 11.6 Å². The molecule has 9 heavy (non-hydrogen) atoms. The number of aliphatic hydroxyl groups is 1. The second-order valence-corrected chi connectivity index (χ2v) is 3.24. The van der Waals surface area contributed by atoms with Crippen molar-refractivity contribution in [2.45, 2.75) is 44.2 Å². The molecule has 0 aliphatic heterocycles. The second-order valence-electron chi connectivity index (χ2n) is 3.24. The maximum absolute atomic E-state index is 9.32. The van der Waals surface area contributed by atoms with Crippen molar-refractivity contribution in [3.05, 3.63) is 0 Å². The number of nitrogens with two attached hydrogens (primary N) is 1. The summed E-state index contributed by atoms with van der Waals surface area (Å²) in [6.07, 6.45) is 3.82. The Morgan fingerprint density at radius 3 is 2.56 bits per heavy atom. The molecule has 0 aromatic heterocycles. The van der Waals surface area contributed by atoms with Crippen LogP contribution in [-0.2, 0) is 0 Å². The zero-order valence-corrected chi connectivity index (χ0v) is 5.93. The summed E-state index contributed by atoms with van der Waals surface area (Å²) in [6.45, 7) is 1.98. The number of hydrogen-bond donors (Lipinski definition) is 2. The van der Waals surface area contributed by atoms with Crippen molar-refractivity contribution in [1.82, 2.24) is 0 Å². The molecular formula is C7H15NO. The highest BCUT2D eigenvalue weighted by atomic mass is 16.3. The van der Waals surface area contributed by atoms with E-state index in [2.05, 4.69) is 0 Å². The lowest BCUT2D eigenvalue weighted by molar-refractivity contribution is 0.135. The Labute approximate surface area is 56.1 Å². The molecule has 54 valence electrons. The first kappa shape index (κ1) is 7.03. The molecule has 0 aromatic rings. The molecule has 0 spiro atoms. The minimum Gasteiger partial charge on any atom is -0.390 e. The van der Waals surface area contributed by atoms with Crippen LogP contribution >= 0.6 is 0 Å². The van der Waals surface area contributed by atoms with Gasteiger partial charge < -0.3 is 10.8 Å². The topological polar surface area (TPSA) is 46.2 Å². The van der Waals surface area contributed by atoms with Crippen LogP contribution in [0.3, 0.4) is 0 Å². The summed E-state index contributed by atoms with van der Waals surface area (Å²) < 4.78 is 0. The average Bonchev–Trinajstić information content (AvgIpc) is 2.45. The van der Waals surface area contributed by atoms with Gasteiger partial charge in [-0.15, -0.1) is 0 Å². The van der Waals surface area contributed by atoms with Crippen LogP contribution in [0.25, 0.3) is 0 Å². The molecule has 1 rings (SSSR count). The zero-order valence-electron chi connectivity index (χ0n) is 5.93. The fraction of sp³-hybridized carbons (Fsp3) is 1.00. The third-order valence-electron chi connectivity index (χ3n) is 1.89. The maximum atomic E-state index is 9.32. The first-order valence-corrected chi connectivity index (χ1v) is 3.60. The molecule has 1 saturated carbocycles. The first-order valence-electron chi connectivity index (χ1n) is 3.60. The van der Waals surface area contributed by atoms with Gasteiger partial charge in [0, 0.05) is 6.04 Å². The van der Waals surface area contributed by atoms with Gasteiger partial charge in [0.2, 0.25) is 0 Å². The molecule has 2 heteroatoms. The molecule has 0 radical (unpaired) electrons. The van der Waals surface area contributed by atoms with Gasteiger partial charge in [-0.3, -0.25) is 0 Å². The molecule has 3 N–H and O–H groups in total. The summed E-state index contributed by atoms with van der Waals surface area (Å²) in [4.78, 5) is 0. The standard InChI is InChI=1S/C7H15NO/c1-6(8)2-3-7(9)4-5-7/h6,9H,2-5,8H2,1H3. The quantitative estimate of drug-likeness (QED) is 0.587. The van der Waals surface area contributed by atoms with Crippen LogP contribution in [0.2, 0.25) is 0 Å². The third kappa shape index (κ3) is 2.33. The molecule has 1 unspecified atom stereocenters. The Balaban J connectivity index is 2.05. The van der Waals surface area contributed by atoms with Crippen LogP contribution in [0.15, 0.2) is 0 Å². The van der Waals surface area contributed by atoms with Gasteiger partial charge in [-0.25, -0.2) is 0 Å². The highest BCUT2D eigenvalue weighted by molar-refractivity contribution is 4.93. The molecule has 0 saturated heterocycles. The van der Waals surface area contributed by atoms with Gasteiger partial charge in [-0.05, 0) is 32.6 Å². The predicted molar refractivity (Wildman–Crippen MR) is 37.1 cm³/mol. The van der Waals surface area contributed by atoms with Gasteiger partial charge in [0.1, 0.15) is 0 Å². The van der Waals surface area contributed by atoms with Crippen LogP contribution in [0.5, 0.6) is 0 Å². The van der Waals surface area contributed by atoms with Crippen molar-refractivity contribution in [2.75, 3.05) is 0 Å². The molecule has 1 aliphatic carbocycles. The molecule has 0 aromatic carbocycles. The molecular weight excluding hydrogens is 114 g/mol. The largest absolute Gasteiger partial charge is 0.390 e. The van der Waals surface area contributed by atoms with Gasteiger partial charge in [0.15, 0.2) is 0 Å². The Morgan fingerprint density at radius 2 is 2.22 bits per heavy atom. The van der Waals surface area contributed by atoms with Crippen LogP contribution in [0.1, 0.15) is 32.6 Å². The van der Waals surface area contributed by atoms with Gasteiger partial charge >= 0.3 is 0 Å². The fourth-order valence-corrected chi connectivity index (χ4v) is 0.891. The summed E-state index contributed by atoms with van der Waals surface area (Å²) in [6, 6.07) is 0.245.